The Morgan fingerprint density at radius 1 is 1.29 bits per heavy atom. The fourth-order valence-corrected chi connectivity index (χ4v) is 4.27. The number of aliphatic hydroxyl groups is 1. The SMILES string of the molecule is CCc1c(N2CCC(n3nc(C(F)(F)F)c(Cl)c3C)C2O)cnn1-c1cccc(F)c1. The number of rotatable bonds is 4. The number of aliphatic hydroxyl groups excluding tert-OH is 1. The number of hydrogen-bond donors (Lipinski definition) is 1. The van der Waals surface area contributed by atoms with Crippen LogP contribution in [-0.2, 0) is 12.6 Å². The number of halogens is 5. The van der Waals surface area contributed by atoms with Crippen LogP contribution in [0, 0.1) is 12.7 Å². The van der Waals surface area contributed by atoms with Gasteiger partial charge in [-0.3, -0.25) is 4.68 Å². The molecular weight excluding hydrogens is 438 g/mol. The van der Waals surface area contributed by atoms with Gasteiger partial charge in [0.1, 0.15) is 12.0 Å². The molecule has 0 radical (unpaired) electrons. The highest BCUT2D eigenvalue weighted by atomic mass is 35.5. The number of anilines is 1. The lowest BCUT2D eigenvalue weighted by atomic mass is 10.2. The van der Waals surface area contributed by atoms with Crippen LogP contribution in [0.1, 0.15) is 36.5 Å². The average molecular weight is 458 g/mol. The van der Waals surface area contributed by atoms with Crippen LogP contribution in [0.3, 0.4) is 0 Å². The lowest BCUT2D eigenvalue weighted by Crippen LogP contribution is -2.34. The Balaban J connectivity index is 1.67. The van der Waals surface area contributed by atoms with Gasteiger partial charge in [-0.2, -0.15) is 23.4 Å². The minimum absolute atomic E-state index is 0.145. The maximum Gasteiger partial charge on any atom is 0.436 e. The summed E-state index contributed by atoms with van der Waals surface area (Å²) in [5, 5.41) is 18.5. The molecule has 1 saturated heterocycles. The van der Waals surface area contributed by atoms with Gasteiger partial charge in [-0.05, 0) is 38.0 Å². The van der Waals surface area contributed by atoms with Crippen LogP contribution in [0.25, 0.3) is 5.69 Å². The Morgan fingerprint density at radius 2 is 2.03 bits per heavy atom. The molecule has 1 aliphatic rings. The van der Waals surface area contributed by atoms with Crippen molar-refractivity contribution in [2.75, 3.05) is 11.4 Å². The average Bonchev–Trinajstić information content (AvgIpc) is 3.37. The molecule has 2 unspecified atom stereocenters. The van der Waals surface area contributed by atoms with Crippen LogP contribution >= 0.6 is 11.6 Å². The highest BCUT2D eigenvalue weighted by Gasteiger charge is 2.42. The van der Waals surface area contributed by atoms with E-state index in [-0.39, 0.29) is 5.69 Å². The van der Waals surface area contributed by atoms with Crippen LogP contribution in [-0.4, -0.2) is 37.4 Å². The molecule has 31 heavy (non-hydrogen) atoms. The van der Waals surface area contributed by atoms with Crippen LogP contribution in [0.15, 0.2) is 30.5 Å². The smallest absolute Gasteiger partial charge is 0.371 e. The summed E-state index contributed by atoms with van der Waals surface area (Å²) in [7, 11) is 0. The zero-order valence-electron chi connectivity index (χ0n) is 16.7. The van der Waals surface area contributed by atoms with Gasteiger partial charge in [0.2, 0.25) is 0 Å². The molecule has 3 aromatic rings. The number of nitrogens with zero attached hydrogens (tertiary/aromatic N) is 5. The topological polar surface area (TPSA) is 59.1 Å². The van der Waals surface area contributed by atoms with Crippen LogP contribution in [0.2, 0.25) is 5.02 Å². The molecular formula is C20H20ClF4N5O. The van der Waals surface area contributed by atoms with E-state index in [1.807, 2.05) is 6.92 Å². The Kier molecular flexibility index (Phi) is 5.47. The summed E-state index contributed by atoms with van der Waals surface area (Å²) in [5.41, 5.74) is 0.902. The van der Waals surface area contributed by atoms with E-state index in [9.17, 15) is 22.7 Å². The van der Waals surface area contributed by atoms with Gasteiger partial charge in [-0.1, -0.05) is 24.6 Å². The summed E-state index contributed by atoms with van der Waals surface area (Å²) in [6.45, 7) is 3.73. The summed E-state index contributed by atoms with van der Waals surface area (Å²) in [4.78, 5) is 1.68. The predicted octanol–water partition coefficient (Wildman–Crippen LogP) is 4.52. The lowest BCUT2D eigenvalue weighted by molar-refractivity contribution is -0.141. The van der Waals surface area contributed by atoms with Gasteiger partial charge in [-0.15, -0.1) is 0 Å². The van der Waals surface area contributed by atoms with Crippen molar-refractivity contribution in [3.05, 3.63) is 58.4 Å². The van der Waals surface area contributed by atoms with Crippen molar-refractivity contribution in [3.8, 4) is 5.69 Å². The molecule has 11 heteroatoms. The molecule has 0 amide bonds. The molecule has 0 saturated carbocycles. The second-order valence-corrected chi connectivity index (χ2v) is 7.75. The minimum atomic E-state index is -4.68. The van der Waals surface area contributed by atoms with Gasteiger partial charge in [0.15, 0.2) is 5.69 Å². The van der Waals surface area contributed by atoms with Gasteiger partial charge in [-0.25, -0.2) is 9.07 Å². The largest absolute Gasteiger partial charge is 0.436 e. The third-order valence-corrected chi connectivity index (χ3v) is 5.99. The van der Waals surface area contributed by atoms with E-state index in [0.29, 0.717) is 30.8 Å². The fourth-order valence-electron chi connectivity index (χ4n) is 4.04. The first-order valence-corrected chi connectivity index (χ1v) is 10.1. The van der Waals surface area contributed by atoms with Crippen molar-refractivity contribution in [2.24, 2.45) is 0 Å². The van der Waals surface area contributed by atoms with Gasteiger partial charge in [0, 0.05) is 6.54 Å². The van der Waals surface area contributed by atoms with Crippen LogP contribution in [0.5, 0.6) is 0 Å². The van der Waals surface area contributed by atoms with Crippen molar-refractivity contribution in [1.82, 2.24) is 19.6 Å². The highest BCUT2D eigenvalue weighted by molar-refractivity contribution is 6.31. The Hall–Kier alpha value is -2.59. The highest BCUT2D eigenvalue weighted by Crippen LogP contribution is 2.40. The second-order valence-electron chi connectivity index (χ2n) is 7.38. The number of benzene rings is 1. The summed E-state index contributed by atoms with van der Waals surface area (Å²) in [6, 6.07) is 5.27. The fraction of sp³-hybridized carbons (Fsp3) is 0.400. The van der Waals surface area contributed by atoms with Crippen molar-refractivity contribution in [3.63, 3.8) is 0 Å². The van der Waals surface area contributed by atoms with E-state index in [4.69, 9.17) is 11.6 Å². The molecule has 1 N–H and O–H groups in total. The monoisotopic (exact) mass is 457 g/mol. The molecule has 2 aromatic heterocycles. The lowest BCUT2D eigenvalue weighted by Gasteiger charge is -2.26. The summed E-state index contributed by atoms with van der Waals surface area (Å²) in [6.07, 6.45) is -3.33. The van der Waals surface area contributed by atoms with E-state index >= 15 is 0 Å². The summed E-state index contributed by atoms with van der Waals surface area (Å²) in [5.74, 6) is -0.399. The molecule has 0 bridgehead atoms. The standard InChI is InChI=1S/C20H20ClF4N5O/c1-3-14-16(10-26-30(14)13-6-4-5-12(22)9-13)28-8-7-15(19(28)31)29-11(2)17(21)18(27-29)20(23,24)25/h4-6,9-10,15,19,31H,3,7-8H2,1-2H3. The number of alkyl halides is 3. The van der Waals surface area contributed by atoms with E-state index in [1.54, 1.807) is 27.9 Å². The van der Waals surface area contributed by atoms with E-state index in [0.717, 1.165) is 10.4 Å². The molecule has 0 aliphatic carbocycles. The molecule has 1 aliphatic heterocycles. The van der Waals surface area contributed by atoms with Crippen molar-refractivity contribution in [2.45, 2.75) is 45.1 Å². The van der Waals surface area contributed by atoms with Crippen LogP contribution < -0.4 is 4.90 Å². The Morgan fingerprint density at radius 3 is 2.65 bits per heavy atom. The number of aromatic nitrogens is 4. The molecule has 6 nitrogen and oxygen atoms in total. The van der Waals surface area contributed by atoms with Crippen LogP contribution in [0.4, 0.5) is 23.2 Å². The van der Waals surface area contributed by atoms with Crippen molar-refractivity contribution < 1.29 is 22.7 Å². The normalized spacial score (nSPS) is 19.4. The van der Waals surface area contributed by atoms with Crippen molar-refractivity contribution >= 4 is 17.3 Å². The third kappa shape index (κ3) is 3.67. The predicted molar refractivity (Wildman–Crippen MR) is 107 cm³/mol. The molecule has 3 heterocycles. The first kappa shape index (κ1) is 21.6. The summed E-state index contributed by atoms with van der Waals surface area (Å²) < 4.78 is 56.0. The molecule has 166 valence electrons. The maximum absolute atomic E-state index is 13.7. The molecule has 2 atom stereocenters. The molecule has 4 rings (SSSR count). The first-order chi connectivity index (χ1) is 14.6. The maximum atomic E-state index is 13.7. The van der Waals surface area contributed by atoms with Crippen molar-refractivity contribution in [1.29, 1.82) is 0 Å². The van der Waals surface area contributed by atoms with E-state index < -0.39 is 35.0 Å². The second kappa shape index (κ2) is 7.83. The van der Waals surface area contributed by atoms with E-state index in [2.05, 4.69) is 10.2 Å². The van der Waals surface area contributed by atoms with Gasteiger partial charge >= 0.3 is 6.18 Å². The van der Waals surface area contributed by atoms with Gasteiger partial charge in [0.05, 0.1) is 40.0 Å². The Labute approximate surface area is 180 Å². The van der Waals surface area contributed by atoms with Gasteiger partial charge < -0.3 is 10.0 Å². The summed E-state index contributed by atoms with van der Waals surface area (Å²) >= 11 is 5.87. The Bertz CT molecular complexity index is 1110. The number of hydrogen-bond acceptors (Lipinski definition) is 4. The van der Waals surface area contributed by atoms with Gasteiger partial charge in [0.25, 0.3) is 0 Å². The zero-order chi connectivity index (χ0) is 22.5. The zero-order valence-corrected chi connectivity index (χ0v) is 17.5. The molecule has 1 fully saturated rings. The quantitative estimate of drug-likeness (QED) is 0.585. The minimum Gasteiger partial charge on any atom is -0.371 e. The third-order valence-electron chi connectivity index (χ3n) is 5.53. The van der Waals surface area contributed by atoms with E-state index in [1.165, 1.54) is 19.1 Å². The first-order valence-electron chi connectivity index (χ1n) is 9.72. The molecule has 0 spiro atoms. The molecule has 1 aromatic carbocycles.